The summed E-state index contributed by atoms with van der Waals surface area (Å²) >= 11 is 9.66. The molecule has 1 heterocycles. The van der Waals surface area contributed by atoms with Crippen LogP contribution in [0.5, 0.6) is 5.75 Å². The Bertz CT molecular complexity index is 1070. The first-order valence-electron chi connectivity index (χ1n) is 7.38. The Labute approximate surface area is 170 Å². The van der Waals surface area contributed by atoms with Crippen LogP contribution in [0, 0.1) is 10.1 Å². The van der Waals surface area contributed by atoms with Crippen molar-refractivity contribution in [3.05, 3.63) is 56.5 Å². The van der Waals surface area contributed by atoms with Crippen molar-refractivity contribution in [2.45, 2.75) is 0 Å². The highest BCUT2D eigenvalue weighted by Crippen LogP contribution is 2.29. The van der Waals surface area contributed by atoms with Gasteiger partial charge in [0, 0.05) is 16.6 Å². The van der Waals surface area contributed by atoms with E-state index in [2.05, 4.69) is 31.5 Å². The molecule has 0 saturated heterocycles. The quantitative estimate of drug-likeness (QED) is 0.338. The maximum atomic E-state index is 12.4. The monoisotopic (exact) mass is 466 g/mol. The van der Waals surface area contributed by atoms with Gasteiger partial charge in [-0.25, -0.2) is 4.98 Å². The summed E-state index contributed by atoms with van der Waals surface area (Å²) in [5.41, 5.74) is 0.891. The molecule has 0 unspecified atom stereocenters. The van der Waals surface area contributed by atoms with Crippen LogP contribution in [-0.4, -0.2) is 28.0 Å². The molecule has 1 amide bonds. The maximum Gasteiger partial charge on any atom is 0.270 e. The molecule has 11 heteroatoms. The zero-order chi connectivity index (χ0) is 19.6. The molecule has 3 rings (SSSR count). The Morgan fingerprint density at radius 3 is 2.81 bits per heavy atom. The first-order chi connectivity index (χ1) is 12.9. The first-order valence-corrected chi connectivity index (χ1v) is 9.40. The number of rotatable bonds is 4. The summed E-state index contributed by atoms with van der Waals surface area (Å²) < 4.78 is 6.54. The highest BCUT2D eigenvalue weighted by atomic mass is 79.9. The molecule has 27 heavy (non-hydrogen) atoms. The first kappa shape index (κ1) is 19.1. The van der Waals surface area contributed by atoms with Gasteiger partial charge in [-0.2, -0.15) is 0 Å². The topological polar surface area (TPSA) is 106 Å². The smallest absolute Gasteiger partial charge is 0.270 e. The Morgan fingerprint density at radius 1 is 1.33 bits per heavy atom. The van der Waals surface area contributed by atoms with Gasteiger partial charge in [-0.1, -0.05) is 27.3 Å². The number of thiazole rings is 1. The van der Waals surface area contributed by atoms with Crippen LogP contribution in [0.3, 0.4) is 0 Å². The van der Waals surface area contributed by atoms with E-state index in [0.717, 1.165) is 4.47 Å². The molecule has 0 aliphatic heterocycles. The van der Waals surface area contributed by atoms with E-state index in [1.165, 1.54) is 30.6 Å². The van der Waals surface area contributed by atoms with Gasteiger partial charge in [-0.15, -0.1) is 0 Å². The number of nitrogens with one attached hydrogen (secondary N) is 2. The number of anilines is 1. The van der Waals surface area contributed by atoms with Crippen LogP contribution >= 0.6 is 39.5 Å². The number of nitro groups is 1. The Kier molecular flexibility index (Phi) is 5.63. The van der Waals surface area contributed by atoms with Crippen LogP contribution < -0.4 is 15.4 Å². The van der Waals surface area contributed by atoms with Crippen LogP contribution in [0.4, 0.5) is 10.8 Å². The van der Waals surface area contributed by atoms with E-state index in [1.807, 2.05) is 0 Å². The molecule has 0 fully saturated rings. The second kappa shape index (κ2) is 7.94. The SMILES string of the molecule is COc1ccc(Br)cc1C(=O)NC(=S)Nc1nc2ccc([N+](=O)[O-])cc2s1. The molecule has 2 N–H and O–H groups in total. The molecule has 0 atom stereocenters. The van der Waals surface area contributed by atoms with Crippen molar-refractivity contribution >= 4 is 71.5 Å². The highest BCUT2D eigenvalue weighted by molar-refractivity contribution is 9.10. The fourth-order valence-electron chi connectivity index (χ4n) is 2.24. The van der Waals surface area contributed by atoms with E-state index in [-0.39, 0.29) is 10.8 Å². The predicted octanol–water partition coefficient (Wildman–Crippen LogP) is 4.10. The summed E-state index contributed by atoms with van der Waals surface area (Å²) in [6.07, 6.45) is 0. The van der Waals surface area contributed by atoms with Crippen LogP contribution in [0.15, 0.2) is 40.9 Å². The van der Waals surface area contributed by atoms with Crippen molar-refractivity contribution in [2.24, 2.45) is 0 Å². The summed E-state index contributed by atoms with van der Waals surface area (Å²) in [5.74, 6) is -0.0341. The number of thiocarbonyl (C=S) groups is 1. The largest absolute Gasteiger partial charge is 0.496 e. The average Bonchev–Trinajstić information content (AvgIpc) is 3.02. The van der Waals surface area contributed by atoms with Crippen molar-refractivity contribution in [1.82, 2.24) is 10.3 Å². The number of hydrogen-bond donors (Lipinski definition) is 2. The lowest BCUT2D eigenvalue weighted by Gasteiger charge is -2.10. The van der Waals surface area contributed by atoms with Crippen LogP contribution in [0.1, 0.15) is 10.4 Å². The molecule has 8 nitrogen and oxygen atoms in total. The van der Waals surface area contributed by atoms with Crippen molar-refractivity contribution in [3.8, 4) is 5.75 Å². The minimum Gasteiger partial charge on any atom is -0.496 e. The van der Waals surface area contributed by atoms with Gasteiger partial charge < -0.3 is 10.1 Å². The number of fused-ring (bicyclic) bond motifs is 1. The van der Waals surface area contributed by atoms with Crippen molar-refractivity contribution < 1.29 is 14.5 Å². The second-order valence-electron chi connectivity index (χ2n) is 5.18. The van der Waals surface area contributed by atoms with Gasteiger partial charge in [0.25, 0.3) is 11.6 Å². The maximum absolute atomic E-state index is 12.4. The number of benzene rings is 2. The molecule has 0 spiro atoms. The van der Waals surface area contributed by atoms with Crippen LogP contribution in [-0.2, 0) is 0 Å². The van der Waals surface area contributed by atoms with Gasteiger partial charge >= 0.3 is 0 Å². The highest BCUT2D eigenvalue weighted by Gasteiger charge is 2.16. The zero-order valence-electron chi connectivity index (χ0n) is 13.7. The molecule has 3 aromatic rings. The summed E-state index contributed by atoms with van der Waals surface area (Å²) in [4.78, 5) is 27.1. The summed E-state index contributed by atoms with van der Waals surface area (Å²) in [5, 5.41) is 16.7. The van der Waals surface area contributed by atoms with Crippen LogP contribution in [0.2, 0.25) is 0 Å². The molecular weight excluding hydrogens is 456 g/mol. The molecule has 2 aromatic carbocycles. The lowest BCUT2D eigenvalue weighted by atomic mass is 10.2. The van der Waals surface area contributed by atoms with Crippen molar-refractivity contribution in [3.63, 3.8) is 0 Å². The number of carbonyl (C=O) groups is 1. The number of amides is 1. The molecule has 1 aromatic heterocycles. The van der Waals surface area contributed by atoms with Crippen molar-refractivity contribution in [2.75, 3.05) is 12.4 Å². The zero-order valence-corrected chi connectivity index (χ0v) is 16.9. The summed E-state index contributed by atoms with van der Waals surface area (Å²) in [6.45, 7) is 0. The minimum atomic E-state index is -0.470. The Balaban J connectivity index is 1.74. The number of non-ortho nitro benzene ring substituents is 1. The number of nitrogens with zero attached hydrogens (tertiary/aromatic N) is 2. The lowest BCUT2D eigenvalue weighted by Crippen LogP contribution is -2.34. The van der Waals surface area contributed by atoms with Gasteiger partial charge in [0.2, 0.25) is 0 Å². The second-order valence-corrected chi connectivity index (χ2v) is 7.54. The third-order valence-corrected chi connectivity index (χ3v) is 5.07. The van der Waals surface area contributed by atoms with Gasteiger partial charge in [0.05, 0.1) is 27.8 Å². The van der Waals surface area contributed by atoms with E-state index in [1.54, 1.807) is 24.3 Å². The Hall–Kier alpha value is -2.63. The summed E-state index contributed by atoms with van der Waals surface area (Å²) in [7, 11) is 1.47. The molecule has 0 bridgehead atoms. The summed E-state index contributed by atoms with van der Waals surface area (Å²) in [6, 6.07) is 9.41. The van der Waals surface area contributed by atoms with Gasteiger partial charge in [-0.05, 0) is 36.5 Å². The average molecular weight is 467 g/mol. The third kappa shape index (κ3) is 4.38. The van der Waals surface area contributed by atoms with E-state index in [0.29, 0.717) is 26.7 Å². The third-order valence-electron chi connectivity index (χ3n) is 3.44. The normalized spacial score (nSPS) is 10.4. The van der Waals surface area contributed by atoms with Gasteiger partial charge in [0.1, 0.15) is 5.75 Å². The molecule has 0 aliphatic carbocycles. The van der Waals surface area contributed by atoms with E-state index in [4.69, 9.17) is 17.0 Å². The number of aromatic nitrogens is 1. The Morgan fingerprint density at radius 2 is 2.11 bits per heavy atom. The number of ether oxygens (including phenoxy) is 1. The number of hydrogen-bond acceptors (Lipinski definition) is 7. The molecule has 0 saturated carbocycles. The fourth-order valence-corrected chi connectivity index (χ4v) is 3.76. The standard InChI is InChI=1S/C16H11BrN4O4S2/c1-25-12-5-2-8(17)6-10(12)14(22)19-15(26)20-16-18-11-4-3-9(21(23)24)7-13(11)27-16/h2-7H,1H3,(H2,18,19,20,22,26). The number of halogens is 1. The molecule has 138 valence electrons. The van der Waals surface area contributed by atoms with Gasteiger partial charge in [0.15, 0.2) is 10.2 Å². The van der Waals surface area contributed by atoms with Crippen LogP contribution in [0.25, 0.3) is 10.2 Å². The number of methoxy groups -OCH3 is 1. The molecule has 0 radical (unpaired) electrons. The predicted molar refractivity (Wildman–Crippen MR) is 111 cm³/mol. The van der Waals surface area contributed by atoms with E-state index >= 15 is 0 Å². The van der Waals surface area contributed by atoms with E-state index in [9.17, 15) is 14.9 Å². The lowest BCUT2D eigenvalue weighted by molar-refractivity contribution is -0.384. The van der Waals surface area contributed by atoms with Crippen molar-refractivity contribution in [1.29, 1.82) is 0 Å². The van der Waals surface area contributed by atoms with Gasteiger partial charge in [-0.3, -0.25) is 20.2 Å². The minimum absolute atomic E-state index is 0.0182. The fraction of sp³-hybridized carbons (Fsp3) is 0.0625. The molecule has 0 aliphatic rings. The number of carbonyl (C=O) groups excluding carboxylic acids is 1. The van der Waals surface area contributed by atoms with E-state index < -0.39 is 10.8 Å². The molecular formula is C16H11BrN4O4S2. The number of nitro benzene ring substituents is 1.